The van der Waals surface area contributed by atoms with Crippen LogP contribution in [0.15, 0.2) is 166 Å². The van der Waals surface area contributed by atoms with Gasteiger partial charge in [0.25, 0.3) is 0 Å². The van der Waals surface area contributed by atoms with Crippen LogP contribution in [0.4, 0.5) is 21.8 Å². The smallest absolute Gasteiger partial charge is 0.161 e. The maximum Gasteiger partial charge on any atom is 0.161 e. The number of morpholine rings is 1. The third-order valence-electron chi connectivity index (χ3n) is 17.4. The number of aryl methyl sites for hydroxylation is 6. The van der Waals surface area contributed by atoms with Crippen molar-refractivity contribution < 1.29 is 17.5 Å². The fraction of sp³-hybridized carbons (Fsp3) is 0.314. The zero-order chi connectivity index (χ0) is 67.2. The Kier molecular flexibility index (Phi) is 19.3. The molecule has 3 fully saturated rings. The first-order chi connectivity index (χ1) is 47.0. The Morgan fingerprint density at radius 1 is 0.454 bits per heavy atom. The first-order valence-electron chi connectivity index (χ1n) is 32.2. The number of nitrogens with one attached hydrogen (secondary N) is 3. The summed E-state index contributed by atoms with van der Waals surface area (Å²) in [5.74, 6) is 4.11. The summed E-state index contributed by atoms with van der Waals surface area (Å²) >= 11 is 0. The molecule has 25 nitrogen and oxygen atoms in total. The molecule has 15 rings (SSSR count). The highest BCUT2D eigenvalue weighted by Gasteiger charge is 2.37. The number of aromatic nitrogens is 18. The summed E-state index contributed by atoms with van der Waals surface area (Å²) in [7, 11) is 8.33. The molecule has 498 valence electrons. The zero-order valence-corrected chi connectivity index (χ0v) is 56.0. The van der Waals surface area contributed by atoms with Gasteiger partial charge in [-0.05, 0) is 73.5 Å². The zero-order valence-electron chi connectivity index (χ0n) is 55.2. The van der Waals surface area contributed by atoms with E-state index in [9.17, 15) is 12.8 Å². The van der Waals surface area contributed by atoms with E-state index in [0.29, 0.717) is 54.8 Å². The first-order valence-corrected chi connectivity index (χ1v) is 34.2. The monoisotopic (exact) mass is 1320 g/mol. The maximum atomic E-state index is 13.4. The van der Waals surface area contributed by atoms with Gasteiger partial charge in [0.15, 0.2) is 17.5 Å². The average Bonchev–Trinajstić information content (AvgIpc) is 1.68. The van der Waals surface area contributed by atoms with Crippen molar-refractivity contribution in [3.8, 4) is 101 Å². The SMILES string of the molecule is Cn1cc(-c2cccc(-c3ncc(-c4cnn(C)c4)c(NC4CC(F)C4)n3)c2)cn1.Cn1cc(-c2cccc(-c3ncc(-c4cnn(C)c4)c(NC4CC(S(C)(=O)=O)C4)n3)c2)cn1.Cn1cc(-c2cccc(-c3ncc(-c4cnn(C)c4)c(NCCCN4CCOCC4)n3)c2)cn1. The lowest BCUT2D eigenvalue weighted by atomic mass is 9.90. The van der Waals surface area contributed by atoms with Gasteiger partial charge < -0.3 is 20.7 Å². The molecule has 1 saturated heterocycles. The Morgan fingerprint density at radius 3 is 1.14 bits per heavy atom. The summed E-state index contributed by atoms with van der Waals surface area (Å²) in [5, 5.41) is 35.8. The summed E-state index contributed by atoms with van der Waals surface area (Å²) in [6.07, 6.45) is 31.9. The third kappa shape index (κ3) is 15.9. The van der Waals surface area contributed by atoms with E-state index in [1.54, 1.807) is 46.7 Å². The van der Waals surface area contributed by atoms with Crippen molar-refractivity contribution >= 4 is 27.3 Å². The number of alkyl halides is 1. The molecule has 3 aliphatic rings. The first kappa shape index (κ1) is 65.0. The maximum absolute atomic E-state index is 13.4. The summed E-state index contributed by atoms with van der Waals surface area (Å²) in [5.41, 5.74) is 14.5. The molecule has 97 heavy (non-hydrogen) atoms. The second-order valence-corrected chi connectivity index (χ2v) is 27.3. The van der Waals surface area contributed by atoms with Crippen LogP contribution in [0.1, 0.15) is 32.1 Å². The van der Waals surface area contributed by atoms with Gasteiger partial charge in [-0.15, -0.1) is 0 Å². The molecule has 27 heteroatoms. The Morgan fingerprint density at radius 2 is 0.794 bits per heavy atom. The van der Waals surface area contributed by atoms with Gasteiger partial charge in [-0.2, -0.15) is 30.6 Å². The van der Waals surface area contributed by atoms with E-state index < -0.39 is 16.0 Å². The Labute approximate surface area is 561 Å². The van der Waals surface area contributed by atoms with Crippen molar-refractivity contribution in [2.24, 2.45) is 42.3 Å². The molecule has 2 aliphatic carbocycles. The molecule has 12 aromatic rings. The van der Waals surface area contributed by atoms with E-state index in [4.69, 9.17) is 24.7 Å². The van der Waals surface area contributed by atoms with E-state index >= 15 is 0 Å². The van der Waals surface area contributed by atoms with Crippen LogP contribution in [0.2, 0.25) is 0 Å². The summed E-state index contributed by atoms with van der Waals surface area (Å²) in [6, 6.07) is 24.5. The largest absolute Gasteiger partial charge is 0.379 e. The van der Waals surface area contributed by atoms with Gasteiger partial charge in [-0.25, -0.2) is 42.7 Å². The highest BCUT2D eigenvalue weighted by Crippen LogP contribution is 2.37. The fourth-order valence-corrected chi connectivity index (χ4v) is 13.0. The minimum Gasteiger partial charge on any atom is -0.379 e. The van der Waals surface area contributed by atoms with Crippen molar-refractivity contribution in [2.75, 3.05) is 61.6 Å². The standard InChI is InChI=1S/C25H30N8O.C23H25N7O2S.C22H22FN7/c1-31-17-21(14-28-31)19-5-3-6-20(13-19)24-27-16-23(22-15-29-32(2)18-22)25(30-24)26-7-4-8-33-9-11-34-12-10-33;1-29-13-17(10-25-29)15-5-4-6-16(7-15)22-24-12-21(18-11-26-30(2)14-18)23(28-22)27-19-8-20(9-19)33(3,31)32;1-29-12-16(9-25-29)14-4-3-5-15(6-14)21-24-11-20(17-10-26-30(2)13-17)22(28-21)27-19-7-18(23)8-19/h3,5-6,13-18H,4,7-12H2,1-2H3,(H,26,27,30);4-7,10-14,19-20H,8-9H2,1-3H3,(H,24,27,28);3-6,9-13,18-19H,7-8H2,1-2H3,(H,24,27,28). The topological polar surface area (TPSA) is 267 Å². The van der Waals surface area contributed by atoms with Crippen molar-refractivity contribution in [2.45, 2.75) is 55.6 Å². The molecule has 10 heterocycles. The molecule has 0 unspecified atom stereocenters. The molecular formula is C70H77FN22O3S. The Bertz CT molecular complexity index is 4800. The molecule has 3 aromatic carbocycles. The van der Waals surface area contributed by atoms with Crippen LogP contribution in [0.5, 0.6) is 0 Å². The molecule has 0 bridgehead atoms. The molecule has 0 spiro atoms. The Balaban J connectivity index is 0.000000131. The lowest BCUT2D eigenvalue weighted by Gasteiger charge is -2.35. The fourth-order valence-electron chi connectivity index (χ4n) is 11.9. The molecule has 0 amide bonds. The molecule has 3 N–H and O–H groups in total. The van der Waals surface area contributed by atoms with Gasteiger partial charge in [0.1, 0.15) is 33.5 Å². The molecular weight excluding hydrogens is 1250 g/mol. The lowest BCUT2D eigenvalue weighted by molar-refractivity contribution is 0.0378. The van der Waals surface area contributed by atoms with Crippen LogP contribution in [-0.4, -0.2) is 171 Å². The van der Waals surface area contributed by atoms with Gasteiger partial charge in [0.05, 0.1) is 55.6 Å². The number of ether oxygens (including phenoxy) is 1. The Hall–Kier alpha value is -10.6. The van der Waals surface area contributed by atoms with Gasteiger partial charge in [0.2, 0.25) is 0 Å². The second-order valence-electron chi connectivity index (χ2n) is 24.9. The van der Waals surface area contributed by atoms with Gasteiger partial charge in [-0.1, -0.05) is 54.6 Å². The predicted molar refractivity (Wildman–Crippen MR) is 373 cm³/mol. The summed E-state index contributed by atoms with van der Waals surface area (Å²) in [4.78, 5) is 31.0. The van der Waals surface area contributed by atoms with E-state index in [-0.39, 0.29) is 17.3 Å². The lowest BCUT2D eigenvalue weighted by Crippen LogP contribution is -2.43. The van der Waals surface area contributed by atoms with E-state index in [1.807, 2.05) is 171 Å². The minimum absolute atomic E-state index is 0.0459. The normalized spacial score (nSPS) is 16.9. The molecule has 0 radical (unpaired) electrons. The number of benzene rings is 3. The second kappa shape index (κ2) is 28.7. The number of anilines is 3. The number of nitrogens with zero attached hydrogens (tertiary/aromatic N) is 19. The van der Waals surface area contributed by atoms with Crippen molar-refractivity contribution in [1.82, 2.24) is 93.5 Å². The van der Waals surface area contributed by atoms with E-state index in [2.05, 4.69) is 79.6 Å². The average molecular weight is 1330 g/mol. The molecule has 2 saturated carbocycles. The van der Waals surface area contributed by atoms with Crippen molar-refractivity contribution in [3.05, 3.63) is 166 Å². The predicted octanol–water partition coefficient (Wildman–Crippen LogP) is 9.87. The third-order valence-corrected chi connectivity index (χ3v) is 19.0. The molecule has 0 atom stereocenters. The summed E-state index contributed by atoms with van der Waals surface area (Å²) in [6.45, 7) is 5.54. The van der Waals surface area contributed by atoms with Gasteiger partial charge in [0, 0.05) is 203 Å². The van der Waals surface area contributed by atoms with Crippen LogP contribution in [0, 0.1) is 0 Å². The van der Waals surface area contributed by atoms with Crippen LogP contribution < -0.4 is 16.0 Å². The summed E-state index contributed by atoms with van der Waals surface area (Å²) < 4.78 is 53.1. The number of hydrogen-bond acceptors (Lipinski definition) is 19. The van der Waals surface area contributed by atoms with Crippen LogP contribution in [0.25, 0.3) is 101 Å². The number of halogens is 1. The van der Waals surface area contributed by atoms with Crippen LogP contribution in [-0.2, 0) is 56.9 Å². The van der Waals surface area contributed by atoms with Gasteiger partial charge in [-0.3, -0.25) is 33.0 Å². The quantitative estimate of drug-likeness (QED) is 0.0636. The van der Waals surface area contributed by atoms with Crippen LogP contribution >= 0.6 is 0 Å². The number of sulfone groups is 1. The number of hydrogen-bond donors (Lipinski definition) is 3. The van der Waals surface area contributed by atoms with Crippen LogP contribution in [0.3, 0.4) is 0 Å². The van der Waals surface area contributed by atoms with Crippen molar-refractivity contribution in [1.29, 1.82) is 0 Å². The molecule has 1 aliphatic heterocycles. The van der Waals surface area contributed by atoms with Crippen molar-refractivity contribution in [3.63, 3.8) is 0 Å². The highest BCUT2D eigenvalue weighted by atomic mass is 32.2. The van der Waals surface area contributed by atoms with E-state index in [0.717, 1.165) is 135 Å². The highest BCUT2D eigenvalue weighted by molar-refractivity contribution is 7.91. The minimum atomic E-state index is -3.02. The van der Waals surface area contributed by atoms with E-state index in [1.165, 1.54) is 6.26 Å². The molecule has 9 aromatic heterocycles. The van der Waals surface area contributed by atoms with Gasteiger partial charge >= 0.3 is 0 Å². The number of rotatable bonds is 19.